The Morgan fingerprint density at radius 2 is 2.11 bits per heavy atom. The van der Waals surface area contributed by atoms with E-state index in [-0.39, 0.29) is 0 Å². The molecule has 18 heavy (non-hydrogen) atoms. The Balaban J connectivity index is 2.18. The molecule has 0 spiro atoms. The van der Waals surface area contributed by atoms with Crippen molar-refractivity contribution < 1.29 is 9.47 Å². The van der Waals surface area contributed by atoms with E-state index in [4.69, 9.17) is 21.1 Å². The maximum Gasteiger partial charge on any atom is 0.175 e. The predicted octanol–water partition coefficient (Wildman–Crippen LogP) is 4.09. The van der Waals surface area contributed by atoms with Crippen molar-refractivity contribution in [2.75, 3.05) is 7.11 Å². The number of hydrogen-bond acceptors (Lipinski definition) is 3. The van der Waals surface area contributed by atoms with E-state index in [9.17, 15) is 0 Å². The average molecular weight is 329 g/mol. The fourth-order valence-electron chi connectivity index (χ4n) is 1.47. The molecule has 0 atom stereocenters. The molecule has 0 unspecified atom stereocenters. The van der Waals surface area contributed by atoms with Crippen LogP contribution in [-0.4, -0.2) is 12.1 Å². The number of benzene rings is 1. The van der Waals surface area contributed by atoms with E-state index >= 15 is 0 Å². The molecule has 0 fully saturated rings. The maximum atomic E-state index is 5.97. The second kappa shape index (κ2) is 6.07. The van der Waals surface area contributed by atoms with Crippen molar-refractivity contribution in [1.82, 2.24) is 4.98 Å². The van der Waals surface area contributed by atoms with E-state index in [2.05, 4.69) is 20.9 Å². The number of aromatic nitrogens is 1. The van der Waals surface area contributed by atoms with Crippen molar-refractivity contribution in [2.24, 2.45) is 0 Å². The Morgan fingerprint density at radius 3 is 2.83 bits per heavy atom. The molecule has 0 amide bonds. The highest BCUT2D eigenvalue weighted by molar-refractivity contribution is 9.10. The van der Waals surface area contributed by atoms with Gasteiger partial charge in [-0.3, -0.25) is 0 Å². The van der Waals surface area contributed by atoms with Crippen molar-refractivity contribution in [3.05, 3.63) is 51.7 Å². The number of rotatable bonds is 4. The number of methoxy groups -OCH3 is 1. The van der Waals surface area contributed by atoms with Crippen LogP contribution in [0.1, 0.15) is 5.56 Å². The zero-order valence-electron chi connectivity index (χ0n) is 9.69. The van der Waals surface area contributed by atoms with Crippen LogP contribution in [0.2, 0.25) is 5.15 Å². The van der Waals surface area contributed by atoms with Gasteiger partial charge < -0.3 is 9.47 Å². The van der Waals surface area contributed by atoms with Crippen molar-refractivity contribution in [3.8, 4) is 11.5 Å². The lowest BCUT2D eigenvalue weighted by molar-refractivity contribution is 0.282. The van der Waals surface area contributed by atoms with E-state index in [1.54, 1.807) is 13.3 Å². The van der Waals surface area contributed by atoms with Crippen LogP contribution in [0.3, 0.4) is 0 Å². The molecule has 5 heteroatoms. The Kier molecular flexibility index (Phi) is 4.44. The summed E-state index contributed by atoms with van der Waals surface area (Å²) in [7, 11) is 1.60. The summed E-state index contributed by atoms with van der Waals surface area (Å²) in [4.78, 5) is 4.00. The molecule has 0 radical (unpaired) electrons. The second-order valence-electron chi connectivity index (χ2n) is 3.51. The largest absolute Gasteiger partial charge is 0.493 e. The third kappa shape index (κ3) is 2.94. The molecule has 0 aliphatic heterocycles. The Labute approximate surface area is 119 Å². The minimum atomic E-state index is 0.339. The smallest absolute Gasteiger partial charge is 0.175 e. The molecule has 1 aromatic heterocycles. The van der Waals surface area contributed by atoms with Gasteiger partial charge in [0.15, 0.2) is 11.5 Å². The zero-order chi connectivity index (χ0) is 13.0. The minimum Gasteiger partial charge on any atom is -0.493 e. The summed E-state index contributed by atoms with van der Waals surface area (Å²) in [5.41, 5.74) is 0.831. The van der Waals surface area contributed by atoms with Gasteiger partial charge in [0.25, 0.3) is 0 Å². The van der Waals surface area contributed by atoms with Gasteiger partial charge in [-0.1, -0.05) is 23.7 Å². The van der Waals surface area contributed by atoms with E-state index < -0.39 is 0 Å². The van der Waals surface area contributed by atoms with Gasteiger partial charge in [0.2, 0.25) is 0 Å². The highest BCUT2D eigenvalue weighted by Crippen LogP contribution is 2.35. The Bertz CT molecular complexity index is 548. The summed E-state index contributed by atoms with van der Waals surface area (Å²) >= 11 is 9.40. The highest BCUT2D eigenvalue weighted by Gasteiger charge is 2.09. The number of para-hydroxylation sites is 1. The first-order chi connectivity index (χ1) is 8.72. The fourth-order valence-corrected chi connectivity index (χ4v) is 2.10. The number of ether oxygens (including phenoxy) is 2. The molecule has 0 N–H and O–H groups in total. The first-order valence-electron chi connectivity index (χ1n) is 5.27. The van der Waals surface area contributed by atoms with Gasteiger partial charge in [0, 0.05) is 11.8 Å². The lowest BCUT2D eigenvalue weighted by Crippen LogP contribution is -1.99. The highest BCUT2D eigenvalue weighted by atomic mass is 79.9. The molecule has 0 saturated heterocycles. The standard InChI is InChI=1S/C13H11BrClNO2/c1-17-11-6-2-5-10(14)12(11)18-8-9-4-3-7-16-13(9)15/h2-7H,8H2,1H3. The number of nitrogens with zero attached hydrogens (tertiary/aromatic N) is 1. The third-order valence-electron chi connectivity index (χ3n) is 2.36. The van der Waals surface area contributed by atoms with Crippen LogP contribution in [0.4, 0.5) is 0 Å². The second-order valence-corrected chi connectivity index (χ2v) is 4.73. The van der Waals surface area contributed by atoms with E-state index in [0.717, 1.165) is 10.0 Å². The van der Waals surface area contributed by atoms with Gasteiger partial charge >= 0.3 is 0 Å². The van der Waals surface area contributed by atoms with Crippen LogP contribution in [0.5, 0.6) is 11.5 Å². The number of hydrogen-bond donors (Lipinski definition) is 0. The van der Waals surface area contributed by atoms with Gasteiger partial charge in [0.05, 0.1) is 11.6 Å². The normalized spacial score (nSPS) is 10.2. The summed E-state index contributed by atoms with van der Waals surface area (Å²) in [5, 5.41) is 0.448. The Morgan fingerprint density at radius 1 is 1.28 bits per heavy atom. The van der Waals surface area contributed by atoms with Gasteiger partial charge in [-0.05, 0) is 34.1 Å². The van der Waals surface area contributed by atoms with Crippen molar-refractivity contribution in [1.29, 1.82) is 0 Å². The molecule has 2 aromatic rings. The van der Waals surface area contributed by atoms with Gasteiger partial charge in [0.1, 0.15) is 11.8 Å². The van der Waals surface area contributed by atoms with Gasteiger partial charge in [-0.2, -0.15) is 0 Å². The topological polar surface area (TPSA) is 31.4 Å². The van der Waals surface area contributed by atoms with Crippen molar-refractivity contribution in [3.63, 3.8) is 0 Å². The van der Waals surface area contributed by atoms with Crippen LogP contribution in [0, 0.1) is 0 Å². The van der Waals surface area contributed by atoms with Crippen LogP contribution < -0.4 is 9.47 Å². The summed E-state index contributed by atoms with van der Waals surface area (Å²) in [6, 6.07) is 9.31. The van der Waals surface area contributed by atoms with E-state index in [1.165, 1.54) is 0 Å². The number of pyridine rings is 1. The molecule has 1 heterocycles. The van der Waals surface area contributed by atoms with E-state index in [1.807, 2.05) is 30.3 Å². The average Bonchev–Trinajstić information content (AvgIpc) is 2.39. The van der Waals surface area contributed by atoms with Crippen LogP contribution in [0.15, 0.2) is 41.0 Å². The summed E-state index contributed by atoms with van der Waals surface area (Å²) in [6.07, 6.45) is 1.64. The molecule has 0 saturated carbocycles. The zero-order valence-corrected chi connectivity index (χ0v) is 12.0. The van der Waals surface area contributed by atoms with Gasteiger partial charge in [-0.25, -0.2) is 4.98 Å². The third-order valence-corrected chi connectivity index (χ3v) is 3.32. The molecular weight excluding hydrogens is 318 g/mol. The van der Waals surface area contributed by atoms with Crippen molar-refractivity contribution >= 4 is 27.5 Å². The molecule has 94 valence electrons. The molecule has 3 nitrogen and oxygen atoms in total. The first-order valence-corrected chi connectivity index (χ1v) is 6.44. The molecule has 0 bridgehead atoms. The fraction of sp³-hybridized carbons (Fsp3) is 0.154. The van der Waals surface area contributed by atoms with Crippen LogP contribution in [-0.2, 0) is 6.61 Å². The molecular formula is C13H11BrClNO2. The summed E-state index contributed by atoms with van der Waals surface area (Å²) in [6.45, 7) is 0.339. The maximum absolute atomic E-state index is 5.97. The predicted molar refractivity (Wildman–Crippen MR) is 74.3 cm³/mol. The first kappa shape index (κ1) is 13.2. The van der Waals surface area contributed by atoms with Crippen LogP contribution in [0.25, 0.3) is 0 Å². The number of halogens is 2. The SMILES string of the molecule is COc1cccc(Br)c1OCc1cccnc1Cl. The van der Waals surface area contributed by atoms with Crippen LogP contribution >= 0.6 is 27.5 Å². The molecule has 0 aliphatic rings. The lowest BCUT2D eigenvalue weighted by Gasteiger charge is -2.12. The molecule has 0 aliphatic carbocycles. The summed E-state index contributed by atoms with van der Waals surface area (Å²) < 4.78 is 11.8. The summed E-state index contributed by atoms with van der Waals surface area (Å²) in [5.74, 6) is 1.32. The molecule has 1 aromatic carbocycles. The quantitative estimate of drug-likeness (QED) is 0.792. The Hall–Kier alpha value is -1.26. The van der Waals surface area contributed by atoms with Crippen molar-refractivity contribution in [2.45, 2.75) is 6.61 Å². The minimum absolute atomic E-state index is 0.339. The monoisotopic (exact) mass is 327 g/mol. The molecule has 2 rings (SSSR count). The van der Waals surface area contributed by atoms with E-state index in [0.29, 0.717) is 23.3 Å². The van der Waals surface area contributed by atoms with Gasteiger partial charge in [-0.15, -0.1) is 0 Å². The lowest BCUT2D eigenvalue weighted by atomic mass is 10.3.